The van der Waals surface area contributed by atoms with E-state index in [2.05, 4.69) is 163 Å². The lowest BCUT2D eigenvalue weighted by molar-refractivity contribution is 0.193. The largest absolute Gasteiger partial charge is 0.213 e. The number of unbranched alkanes of at least 4 members (excludes halogenated alkanes) is 1. The molecule has 0 N–H and O–H groups in total. The number of benzene rings is 2. The standard InChI is InChI=1S/C51H54IN3/c1-5-8-20-35(17-6-2)48-53-49(36-21-10-9-11-22-36)55-50(54-48)39-28-29-42-37-23-12-14-25-41(30-37)51(46(42)32-39)44-26-15-13-24-38(44)31-43(40(33-52)18-7-3)47-34(4)19-16-27-45(47)51/h7,9-11,13-16,18,21-22,24-26,30-33,35,37,42,46H,5-6,8,12,17,20,23,27-29H2,1-4H3/b18-7-,40-33+/t35-,37?,42?,46?,51?/m0/s1. The van der Waals surface area contributed by atoms with Crippen molar-refractivity contribution < 1.29 is 0 Å². The van der Waals surface area contributed by atoms with Crippen LogP contribution in [0.25, 0.3) is 23.0 Å². The minimum absolute atomic E-state index is 0.239. The van der Waals surface area contributed by atoms with E-state index < -0.39 is 0 Å². The Balaban J connectivity index is 1.40. The number of allylic oxidation sites excluding steroid dienone is 13. The molecular formula is C51H54IN3. The molecule has 4 unspecified atom stereocenters. The molecule has 0 saturated heterocycles. The van der Waals surface area contributed by atoms with Gasteiger partial charge in [-0.25, -0.2) is 15.0 Å². The highest BCUT2D eigenvalue weighted by Crippen LogP contribution is 2.63. The van der Waals surface area contributed by atoms with Crippen molar-refractivity contribution in [2.24, 2.45) is 17.8 Å². The predicted octanol–water partition coefficient (Wildman–Crippen LogP) is 14.0. The maximum Gasteiger partial charge on any atom is 0.163 e. The van der Waals surface area contributed by atoms with Gasteiger partial charge in [0.25, 0.3) is 0 Å². The van der Waals surface area contributed by atoms with E-state index in [4.69, 9.17) is 15.0 Å². The zero-order valence-electron chi connectivity index (χ0n) is 33.0. The monoisotopic (exact) mass is 835 g/mol. The Bertz CT molecular complexity index is 2240. The summed E-state index contributed by atoms with van der Waals surface area (Å²) in [4.78, 5) is 16.1. The fraction of sp³-hybridized carbons (Fsp3) is 0.373. The molecule has 8 rings (SSSR count). The van der Waals surface area contributed by atoms with E-state index in [9.17, 15) is 0 Å². The van der Waals surface area contributed by atoms with Crippen LogP contribution in [0.4, 0.5) is 0 Å². The van der Waals surface area contributed by atoms with Gasteiger partial charge in [0.1, 0.15) is 5.82 Å². The van der Waals surface area contributed by atoms with Gasteiger partial charge in [-0.2, -0.15) is 0 Å². The zero-order valence-corrected chi connectivity index (χ0v) is 35.1. The summed E-state index contributed by atoms with van der Waals surface area (Å²) in [5, 5.41) is 0. The average Bonchev–Trinajstić information content (AvgIpc) is 3.52. The van der Waals surface area contributed by atoms with Gasteiger partial charge >= 0.3 is 0 Å². The van der Waals surface area contributed by atoms with E-state index in [0.29, 0.717) is 17.8 Å². The quantitative estimate of drug-likeness (QED) is 0.116. The SMILES string of the molecule is C/C=C\C(=C/I)C1=Cc2ccccc2C2(C3=CC(CCC=C3)C3CCC(c4nc(-c5ccccc5)nc([C@@H](CCC)CCCC)n4)=CC32)C2=C1C(C)=C=CC2. The van der Waals surface area contributed by atoms with Crippen molar-refractivity contribution in [1.82, 2.24) is 15.0 Å². The Morgan fingerprint density at radius 1 is 0.964 bits per heavy atom. The van der Waals surface area contributed by atoms with Crippen molar-refractivity contribution >= 4 is 34.2 Å². The van der Waals surface area contributed by atoms with Crippen LogP contribution in [-0.4, -0.2) is 15.0 Å². The van der Waals surface area contributed by atoms with Gasteiger partial charge in [-0.1, -0.05) is 147 Å². The van der Waals surface area contributed by atoms with Crippen LogP contribution in [0.3, 0.4) is 0 Å². The van der Waals surface area contributed by atoms with Gasteiger partial charge in [-0.15, -0.1) is 5.73 Å². The highest BCUT2D eigenvalue weighted by Gasteiger charge is 2.55. The van der Waals surface area contributed by atoms with E-state index in [1.54, 1.807) is 0 Å². The summed E-state index contributed by atoms with van der Waals surface area (Å²) in [7, 11) is 0. The Hall–Kier alpha value is -4.12. The van der Waals surface area contributed by atoms with Gasteiger partial charge in [-0.05, 0) is 143 Å². The summed E-state index contributed by atoms with van der Waals surface area (Å²) in [5.41, 5.74) is 16.5. The normalized spacial score (nSPS) is 25.0. The third kappa shape index (κ3) is 6.88. The number of rotatable bonds is 10. The molecule has 5 aliphatic carbocycles. The maximum absolute atomic E-state index is 5.46. The number of nitrogens with zero attached hydrogens (tertiary/aromatic N) is 3. The highest BCUT2D eigenvalue weighted by atomic mass is 127. The molecule has 280 valence electrons. The van der Waals surface area contributed by atoms with Crippen molar-refractivity contribution in [3.05, 3.63) is 163 Å². The van der Waals surface area contributed by atoms with Gasteiger partial charge < -0.3 is 0 Å². The van der Waals surface area contributed by atoms with Gasteiger partial charge in [0.2, 0.25) is 0 Å². The first-order valence-electron chi connectivity index (χ1n) is 20.8. The molecular weight excluding hydrogens is 781 g/mol. The molecule has 2 bridgehead atoms. The molecule has 55 heavy (non-hydrogen) atoms. The molecule has 3 aromatic rings. The number of fused-ring (bicyclic) bond motifs is 8. The van der Waals surface area contributed by atoms with Crippen LogP contribution >= 0.6 is 22.6 Å². The molecule has 1 aromatic heterocycles. The van der Waals surface area contributed by atoms with Crippen molar-refractivity contribution in [3.63, 3.8) is 0 Å². The number of aromatic nitrogens is 3. The summed E-state index contributed by atoms with van der Waals surface area (Å²) in [5.74, 6) is 4.27. The lowest BCUT2D eigenvalue weighted by atomic mass is 9.49. The Morgan fingerprint density at radius 3 is 2.58 bits per heavy atom. The van der Waals surface area contributed by atoms with Crippen molar-refractivity contribution in [1.29, 1.82) is 0 Å². The number of hydrogen-bond donors (Lipinski definition) is 0. The molecule has 0 fully saturated rings. The lowest BCUT2D eigenvalue weighted by Crippen LogP contribution is -2.48. The lowest BCUT2D eigenvalue weighted by Gasteiger charge is -2.53. The van der Waals surface area contributed by atoms with Crippen molar-refractivity contribution in [3.8, 4) is 11.4 Å². The number of hydrogen-bond acceptors (Lipinski definition) is 3. The summed E-state index contributed by atoms with van der Waals surface area (Å²) in [6.45, 7) is 8.97. The van der Waals surface area contributed by atoms with Crippen LogP contribution in [0.2, 0.25) is 0 Å². The Kier molecular flexibility index (Phi) is 11.4. The molecule has 4 heteroatoms. The molecule has 5 atom stereocenters. The fourth-order valence-electron chi connectivity index (χ4n) is 10.4. The molecule has 0 radical (unpaired) electrons. The van der Waals surface area contributed by atoms with Crippen LogP contribution in [0, 0.1) is 17.8 Å². The van der Waals surface area contributed by atoms with Crippen LogP contribution < -0.4 is 0 Å². The van der Waals surface area contributed by atoms with E-state index >= 15 is 0 Å². The van der Waals surface area contributed by atoms with E-state index in [-0.39, 0.29) is 11.3 Å². The molecule has 0 saturated carbocycles. The average molecular weight is 836 g/mol. The molecule has 0 aliphatic heterocycles. The molecule has 1 spiro atoms. The fourth-order valence-corrected chi connectivity index (χ4v) is 11.0. The summed E-state index contributed by atoms with van der Waals surface area (Å²) in [6, 6.07) is 19.8. The zero-order chi connectivity index (χ0) is 37.9. The van der Waals surface area contributed by atoms with Crippen LogP contribution in [0.1, 0.15) is 121 Å². The summed E-state index contributed by atoms with van der Waals surface area (Å²) < 4.78 is 2.25. The maximum atomic E-state index is 5.46. The van der Waals surface area contributed by atoms with Crippen molar-refractivity contribution in [2.75, 3.05) is 0 Å². The molecule has 2 aromatic carbocycles. The van der Waals surface area contributed by atoms with Crippen LogP contribution in [-0.2, 0) is 5.41 Å². The molecule has 5 aliphatic rings. The Morgan fingerprint density at radius 2 is 1.78 bits per heavy atom. The summed E-state index contributed by atoms with van der Waals surface area (Å²) >= 11 is 2.43. The molecule has 1 heterocycles. The van der Waals surface area contributed by atoms with E-state index in [1.165, 1.54) is 69.4 Å². The first-order chi connectivity index (χ1) is 27.0. The van der Waals surface area contributed by atoms with Crippen LogP contribution in [0.5, 0.6) is 0 Å². The van der Waals surface area contributed by atoms with Gasteiger partial charge in [0.05, 0.1) is 0 Å². The number of halogens is 1. The molecule has 0 amide bonds. The molecule has 3 nitrogen and oxygen atoms in total. The highest BCUT2D eigenvalue weighted by molar-refractivity contribution is 14.1. The minimum atomic E-state index is -0.353. The van der Waals surface area contributed by atoms with Gasteiger partial charge in [0.15, 0.2) is 11.6 Å². The summed E-state index contributed by atoms with van der Waals surface area (Å²) in [6.07, 6.45) is 30.5. The first-order valence-corrected chi connectivity index (χ1v) is 22.1. The van der Waals surface area contributed by atoms with E-state index in [1.807, 2.05) is 0 Å². The van der Waals surface area contributed by atoms with Crippen LogP contribution in [0.15, 0.2) is 140 Å². The topological polar surface area (TPSA) is 38.7 Å². The van der Waals surface area contributed by atoms with Gasteiger partial charge in [-0.3, -0.25) is 0 Å². The third-order valence-electron chi connectivity index (χ3n) is 12.8. The third-order valence-corrected chi connectivity index (χ3v) is 13.5. The second-order valence-electron chi connectivity index (χ2n) is 16.1. The second kappa shape index (κ2) is 16.5. The predicted molar refractivity (Wildman–Crippen MR) is 239 cm³/mol. The first kappa shape index (κ1) is 37.8. The minimum Gasteiger partial charge on any atom is -0.213 e. The Labute approximate surface area is 342 Å². The second-order valence-corrected chi connectivity index (χ2v) is 16.7. The van der Waals surface area contributed by atoms with Crippen molar-refractivity contribution in [2.45, 2.75) is 103 Å². The smallest absolute Gasteiger partial charge is 0.163 e. The van der Waals surface area contributed by atoms with E-state index in [0.717, 1.165) is 68.0 Å². The van der Waals surface area contributed by atoms with Gasteiger partial charge in [0, 0.05) is 16.9 Å².